The Morgan fingerprint density at radius 2 is 1.95 bits per heavy atom. The van der Waals surface area contributed by atoms with E-state index in [4.69, 9.17) is 0 Å². The number of benzene rings is 2. The Morgan fingerprint density at radius 3 is 2.60 bits per heavy atom. The highest BCUT2D eigenvalue weighted by molar-refractivity contribution is 9.10. The lowest BCUT2D eigenvalue weighted by molar-refractivity contribution is 0.507. The van der Waals surface area contributed by atoms with Crippen LogP contribution in [0.3, 0.4) is 0 Å². The zero-order valence-electron chi connectivity index (χ0n) is 11.4. The van der Waals surface area contributed by atoms with Gasteiger partial charge in [0.2, 0.25) is 0 Å². The largest absolute Gasteiger partial charge is 0.306 e. The maximum atomic E-state index is 14.3. The Kier molecular flexibility index (Phi) is 4.89. The van der Waals surface area contributed by atoms with Crippen molar-refractivity contribution in [3.63, 3.8) is 0 Å². The molecule has 2 aromatic rings. The maximum absolute atomic E-state index is 14.3. The first kappa shape index (κ1) is 15.1. The molecule has 20 heavy (non-hydrogen) atoms. The van der Waals surface area contributed by atoms with Crippen molar-refractivity contribution in [1.29, 1.82) is 0 Å². The molecule has 0 amide bonds. The van der Waals surface area contributed by atoms with Gasteiger partial charge < -0.3 is 5.32 Å². The molecule has 1 N–H and O–H groups in total. The van der Waals surface area contributed by atoms with Gasteiger partial charge in [0, 0.05) is 5.56 Å². The standard InChI is InChI=1S/C16H16BrF2N/c1-3-20-16(11-6-4-5-10(2)9-11)14-13(18)8-7-12(17)15(14)19/h4-9,16,20H,3H2,1-2H3. The first-order valence-electron chi connectivity index (χ1n) is 6.48. The molecule has 0 spiro atoms. The Hall–Kier alpha value is -1.26. The summed E-state index contributed by atoms with van der Waals surface area (Å²) >= 11 is 3.12. The van der Waals surface area contributed by atoms with E-state index in [-0.39, 0.29) is 10.0 Å². The van der Waals surface area contributed by atoms with Crippen LogP contribution in [0.2, 0.25) is 0 Å². The third kappa shape index (κ3) is 3.07. The van der Waals surface area contributed by atoms with Crippen molar-refractivity contribution in [3.8, 4) is 0 Å². The minimum absolute atomic E-state index is 0.0480. The molecule has 1 nitrogen and oxygen atoms in total. The van der Waals surface area contributed by atoms with Gasteiger partial charge in [-0.25, -0.2) is 8.78 Å². The van der Waals surface area contributed by atoms with Crippen LogP contribution in [-0.2, 0) is 0 Å². The fourth-order valence-electron chi connectivity index (χ4n) is 2.25. The van der Waals surface area contributed by atoms with Crippen LogP contribution in [-0.4, -0.2) is 6.54 Å². The molecule has 0 radical (unpaired) electrons. The van der Waals surface area contributed by atoms with Crippen molar-refractivity contribution >= 4 is 15.9 Å². The highest BCUT2D eigenvalue weighted by Gasteiger charge is 2.23. The lowest BCUT2D eigenvalue weighted by Crippen LogP contribution is -2.24. The van der Waals surface area contributed by atoms with Crippen LogP contribution in [0.1, 0.15) is 29.7 Å². The van der Waals surface area contributed by atoms with Gasteiger partial charge in [-0.05, 0) is 47.1 Å². The van der Waals surface area contributed by atoms with E-state index in [1.54, 1.807) is 0 Å². The van der Waals surface area contributed by atoms with Crippen molar-refractivity contribution in [2.75, 3.05) is 6.54 Å². The van der Waals surface area contributed by atoms with Gasteiger partial charge in [-0.1, -0.05) is 36.8 Å². The number of halogens is 3. The van der Waals surface area contributed by atoms with Crippen LogP contribution in [0.5, 0.6) is 0 Å². The topological polar surface area (TPSA) is 12.0 Å². The van der Waals surface area contributed by atoms with Crippen LogP contribution in [0, 0.1) is 18.6 Å². The zero-order valence-corrected chi connectivity index (χ0v) is 13.0. The quantitative estimate of drug-likeness (QED) is 0.793. The highest BCUT2D eigenvalue weighted by Crippen LogP contribution is 2.31. The molecule has 0 fully saturated rings. The summed E-state index contributed by atoms with van der Waals surface area (Å²) in [5.74, 6) is -1.10. The third-order valence-electron chi connectivity index (χ3n) is 3.15. The molecular formula is C16H16BrF2N. The van der Waals surface area contributed by atoms with Crippen molar-refractivity contribution in [1.82, 2.24) is 5.32 Å². The van der Waals surface area contributed by atoms with Gasteiger partial charge in [-0.15, -0.1) is 0 Å². The van der Waals surface area contributed by atoms with Crippen molar-refractivity contribution in [2.45, 2.75) is 19.9 Å². The number of hydrogen-bond acceptors (Lipinski definition) is 1. The van der Waals surface area contributed by atoms with Crippen LogP contribution in [0.15, 0.2) is 40.9 Å². The maximum Gasteiger partial charge on any atom is 0.145 e. The summed E-state index contributed by atoms with van der Waals surface area (Å²) in [7, 11) is 0. The average molecular weight is 340 g/mol. The van der Waals surface area contributed by atoms with Gasteiger partial charge >= 0.3 is 0 Å². The van der Waals surface area contributed by atoms with Crippen molar-refractivity contribution in [2.24, 2.45) is 0 Å². The smallest absolute Gasteiger partial charge is 0.145 e. The second-order valence-corrected chi connectivity index (χ2v) is 5.52. The van der Waals surface area contributed by atoms with E-state index in [0.29, 0.717) is 6.54 Å². The molecular weight excluding hydrogens is 324 g/mol. The van der Waals surface area contributed by atoms with Gasteiger partial charge in [-0.2, -0.15) is 0 Å². The second-order valence-electron chi connectivity index (χ2n) is 4.66. The third-order valence-corrected chi connectivity index (χ3v) is 3.76. The van der Waals surface area contributed by atoms with E-state index in [9.17, 15) is 8.78 Å². The molecule has 1 atom stereocenters. The van der Waals surface area contributed by atoms with Gasteiger partial charge in [0.15, 0.2) is 0 Å². The van der Waals surface area contributed by atoms with E-state index in [2.05, 4.69) is 21.2 Å². The summed E-state index contributed by atoms with van der Waals surface area (Å²) < 4.78 is 28.7. The summed E-state index contributed by atoms with van der Waals surface area (Å²) in [6.45, 7) is 4.49. The molecule has 0 saturated heterocycles. The predicted octanol–water partition coefficient (Wildman–Crippen LogP) is 4.73. The number of nitrogens with one attached hydrogen (secondary N) is 1. The Bertz CT molecular complexity index is 613. The zero-order chi connectivity index (χ0) is 14.7. The minimum atomic E-state index is -0.558. The summed E-state index contributed by atoms with van der Waals surface area (Å²) in [5, 5.41) is 3.15. The van der Waals surface area contributed by atoms with Crippen molar-refractivity contribution in [3.05, 3.63) is 69.2 Å². The molecule has 2 rings (SSSR count). The number of rotatable bonds is 4. The fraction of sp³-hybridized carbons (Fsp3) is 0.250. The lowest BCUT2D eigenvalue weighted by atomic mass is 9.96. The Morgan fingerprint density at radius 1 is 1.20 bits per heavy atom. The lowest BCUT2D eigenvalue weighted by Gasteiger charge is -2.21. The van der Waals surface area contributed by atoms with Crippen LogP contribution in [0.4, 0.5) is 8.78 Å². The molecule has 0 saturated carbocycles. The first-order valence-corrected chi connectivity index (χ1v) is 7.27. The summed E-state index contributed by atoms with van der Waals surface area (Å²) in [4.78, 5) is 0. The summed E-state index contributed by atoms with van der Waals surface area (Å²) in [5.41, 5.74) is 1.95. The molecule has 2 aromatic carbocycles. The van der Waals surface area contributed by atoms with Crippen LogP contribution in [0.25, 0.3) is 0 Å². The Balaban J connectivity index is 2.57. The molecule has 0 aliphatic carbocycles. The molecule has 1 unspecified atom stereocenters. The van der Waals surface area contributed by atoms with Crippen LogP contribution >= 0.6 is 15.9 Å². The second kappa shape index (κ2) is 6.46. The van der Waals surface area contributed by atoms with Gasteiger partial charge in [0.1, 0.15) is 11.6 Å². The van der Waals surface area contributed by atoms with E-state index >= 15 is 0 Å². The molecule has 0 bridgehead atoms. The highest BCUT2D eigenvalue weighted by atomic mass is 79.9. The van der Waals surface area contributed by atoms with E-state index in [1.165, 1.54) is 12.1 Å². The minimum Gasteiger partial charge on any atom is -0.306 e. The summed E-state index contributed by atoms with van der Waals surface area (Å²) in [6.07, 6.45) is 0. The van der Waals surface area contributed by atoms with E-state index in [1.807, 2.05) is 38.1 Å². The molecule has 0 aliphatic heterocycles. The monoisotopic (exact) mass is 339 g/mol. The Labute approximate surface area is 126 Å². The van der Waals surface area contributed by atoms with Crippen LogP contribution < -0.4 is 5.32 Å². The number of aryl methyl sites for hydroxylation is 1. The summed E-state index contributed by atoms with van der Waals surface area (Å²) in [6, 6.07) is 9.82. The predicted molar refractivity (Wildman–Crippen MR) is 80.8 cm³/mol. The molecule has 0 aromatic heterocycles. The molecule has 0 heterocycles. The van der Waals surface area contributed by atoms with Crippen molar-refractivity contribution < 1.29 is 8.78 Å². The van der Waals surface area contributed by atoms with Gasteiger partial charge in [0.25, 0.3) is 0 Å². The average Bonchev–Trinajstić information content (AvgIpc) is 2.42. The molecule has 0 aliphatic rings. The molecule has 4 heteroatoms. The number of hydrogen-bond donors (Lipinski definition) is 1. The molecule has 106 valence electrons. The SMILES string of the molecule is CCNC(c1cccc(C)c1)c1c(F)ccc(Br)c1F. The first-order chi connectivity index (χ1) is 9.54. The fourth-order valence-corrected chi connectivity index (χ4v) is 2.59. The van der Waals surface area contributed by atoms with E-state index in [0.717, 1.165) is 11.1 Å². The van der Waals surface area contributed by atoms with Gasteiger partial charge in [-0.3, -0.25) is 0 Å². The van der Waals surface area contributed by atoms with E-state index < -0.39 is 17.7 Å². The van der Waals surface area contributed by atoms with Gasteiger partial charge in [0.05, 0.1) is 10.5 Å². The normalized spacial score (nSPS) is 12.4.